The Hall–Kier alpha value is -3.36. The summed E-state index contributed by atoms with van der Waals surface area (Å²) in [6, 6.07) is 13.1. The van der Waals surface area contributed by atoms with Gasteiger partial charge in [-0.15, -0.1) is 0 Å². The second-order valence-corrected chi connectivity index (χ2v) is 12.6. The molecule has 38 heavy (non-hydrogen) atoms. The highest BCUT2D eigenvalue weighted by atomic mass is 32.2. The third-order valence-corrected chi connectivity index (χ3v) is 10.0. The standard InChI is InChI=1S/C27H35N7O3S/c28-19-27(11-12-27)21-1-6-25(30-18-21)32-22-9-15-34(16-10-22)38(36,37)24-4-2-23(3-5-24)33-13-7-20(8-14-33)17-31-26(29)35/h1-6,18,20,22H,7-17H2,(H,30,32)(H3,29,31,35). The van der Waals surface area contributed by atoms with Gasteiger partial charge in [0.1, 0.15) is 5.82 Å². The number of primary amides is 1. The van der Waals surface area contributed by atoms with Crippen molar-refractivity contribution in [1.82, 2.24) is 14.6 Å². The zero-order valence-electron chi connectivity index (χ0n) is 21.5. The first-order valence-electron chi connectivity index (χ1n) is 13.3. The van der Waals surface area contributed by atoms with Crippen molar-refractivity contribution in [3.05, 3.63) is 48.2 Å². The second kappa shape index (κ2) is 10.8. The molecule has 0 unspecified atom stereocenters. The molecule has 5 rings (SSSR count). The van der Waals surface area contributed by atoms with E-state index in [1.54, 1.807) is 22.6 Å². The molecule has 10 nitrogen and oxygen atoms in total. The lowest BCUT2D eigenvalue weighted by molar-refractivity contribution is 0.245. The van der Waals surface area contributed by atoms with Crippen molar-refractivity contribution in [2.24, 2.45) is 11.7 Å². The molecule has 3 fully saturated rings. The third kappa shape index (κ3) is 5.71. The minimum absolute atomic E-state index is 0.147. The molecule has 2 aliphatic heterocycles. The highest BCUT2D eigenvalue weighted by Crippen LogP contribution is 2.47. The number of aromatic nitrogens is 1. The lowest BCUT2D eigenvalue weighted by atomic mass is 9.96. The van der Waals surface area contributed by atoms with Crippen molar-refractivity contribution in [1.29, 1.82) is 5.26 Å². The molecule has 0 radical (unpaired) electrons. The summed E-state index contributed by atoms with van der Waals surface area (Å²) in [5, 5.41) is 15.5. The van der Waals surface area contributed by atoms with Crippen molar-refractivity contribution >= 4 is 27.6 Å². The number of hydrogen-bond acceptors (Lipinski definition) is 7. The van der Waals surface area contributed by atoms with Crippen LogP contribution in [0.2, 0.25) is 0 Å². The van der Waals surface area contributed by atoms with Gasteiger partial charge in [-0.1, -0.05) is 6.07 Å². The molecule has 2 saturated heterocycles. The van der Waals surface area contributed by atoms with Gasteiger partial charge in [-0.3, -0.25) is 0 Å². The van der Waals surface area contributed by atoms with Crippen LogP contribution in [0.15, 0.2) is 47.5 Å². The molecule has 0 bridgehead atoms. The van der Waals surface area contributed by atoms with E-state index in [4.69, 9.17) is 5.73 Å². The molecule has 0 atom stereocenters. The fourth-order valence-corrected chi connectivity index (χ4v) is 6.89. The van der Waals surface area contributed by atoms with E-state index in [0.29, 0.717) is 43.3 Å². The normalized spacial score (nSPS) is 20.4. The average Bonchev–Trinajstić information content (AvgIpc) is 3.74. The Morgan fingerprint density at radius 1 is 1.05 bits per heavy atom. The van der Waals surface area contributed by atoms with Crippen LogP contribution in [0.4, 0.5) is 16.3 Å². The number of rotatable bonds is 8. The first-order valence-corrected chi connectivity index (χ1v) is 14.8. The van der Waals surface area contributed by atoms with Gasteiger partial charge in [0, 0.05) is 50.6 Å². The van der Waals surface area contributed by atoms with E-state index >= 15 is 0 Å². The van der Waals surface area contributed by atoms with E-state index in [2.05, 4.69) is 26.6 Å². The molecule has 11 heteroatoms. The Balaban J connectivity index is 1.11. The fraction of sp³-hybridized carbons (Fsp3) is 0.519. The first-order chi connectivity index (χ1) is 18.3. The number of carbonyl (C=O) groups excluding carboxylic acids is 1. The maximum atomic E-state index is 13.3. The molecule has 4 N–H and O–H groups in total. The Labute approximate surface area is 224 Å². The SMILES string of the molecule is N#CC1(c2ccc(NC3CCN(S(=O)(=O)c4ccc(N5CCC(CNC(N)=O)CC5)cc4)CC3)nc2)CC1. The third-order valence-electron chi connectivity index (χ3n) is 8.11. The molecular formula is C27H35N7O3S. The van der Waals surface area contributed by atoms with Crippen LogP contribution in [-0.4, -0.2) is 62.5 Å². The summed E-state index contributed by atoms with van der Waals surface area (Å²) in [6.07, 6.45) is 6.86. The van der Waals surface area contributed by atoms with Crippen molar-refractivity contribution in [3.8, 4) is 6.07 Å². The average molecular weight is 538 g/mol. The Morgan fingerprint density at radius 3 is 2.29 bits per heavy atom. The maximum Gasteiger partial charge on any atom is 0.312 e. The highest BCUT2D eigenvalue weighted by molar-refractivity contribution is 7.89. The summed E-state index contributed by atoms with van der Waals surface area (Å²) in [5.41, 5.74) is 6.80. The van der Waals surface area contributed by atoms with Gasteiger partial charge in [0.25, 0.3) is 0 Å². The molecule has 2 aromatic rings. The topological polar surface area (TPSA) is 144 Å². The zero-order valence-corrected chi connectivity index (χ0v) is 22.3. The van der Waals surface area contributed by atoms with Gasteiger partial charge in [-0.2, -0.15) is 9.57 Å². The summed E-state index contributed by atoms with van der Waals surface area (Å²) >= 11 is 0. The van der Waals surface area contributed by atoms with Crippen LogP contribution in [0, 0.1) is 17.2 Å². The molecule has 1 aliphatic carbocycles. The Bertz CT molecular complexity index is 1270. The number of hydrogen-bond donors (Lipinski definition) is 3. The monoisotopic (exact) mass is 537 g/mol. The number of nitrogens with zero attached hydrogens (tertiary/aromatic N) is 4. The predicted octanol–water partition coefficient (Wildman–Crippen LogP) is 2.79. The largest absolute Gasteiger partial charge is 0.372 e. The van der Waals surface area contributed by atoms with E-state index < -0.39 is 16.1 Å². The summed E-state index contributed by atoms with van der Waals surface area (Å²) in [5.74, 6) is 1.16. The number of benzene rings is 1. The van der Waals surface area contributed by atoms with Crippen molar-refractivity contribution in [2.75, 3.05) is 42.9 Å². The number of sulfonamides is 1. The summed E-state index contributed by atoms with van der Waals surface area (Å²) in [4.78, 5) is 18.0. The molecule has 1 saturated carbocycles. The van der Waals surface area contributed by atoms with Crippen molar-refractivity contribution in [3.63, 3.8) is 0 Å². The van der Waals surface area contributed by atoms with Crippen LogP contribution in [0.3, 0.4) is 0 Å². The molecule has 2 amide bonds. The summed E-state index contributed by atoms with van der Waals surface area (Å²) < 4.78 is 28.1. The lowest BCUT2D eigenvalue weighted by Gasteiger charge is -2.34. The lowest BCUT2D eigenvalue weighted by Crippen LogP contribution is -2.42. The van der Waals surface area contributed by atoms with E-state index in [1.165, 1.54) is 0 Å². The van der Waals surface area contributed by atoms with Gasteiger partial charge in [0.05, 0.1) is 16.4 Å². The number of nitrogens with one attached hydrogen (secondary N) is 2. The molecule has 1 aromatic carbocycles. The summed E-state index contributed by atoms with van der Waals surface area (Å²) in [6.45, 7) is 3.20. The van der Waals surface area contributed by atoms with Gasteiger partial charge >= 0.3 is 6.03 Å². The van der Waals surface area contributed by atoms with Gasteiger partial charge in [-0.25, -0.2) is 18.2 Å². The van der Waals surface area contributed by atoms with Crippen molar-refractivity contribution in [2.45, 2.75) is 54.9 Å². The molecular weight excluding hydrogens is 502 g/mol. The van der Waals surface area contributed by atoms with Gasteiger partial charge in [0.15, 0.2) is 0 Å². The quantitative estimate of drug-likeness (QED) is 0.470. The highest BCUT2D eigenvalue weighted by Gasteiger charge is 2.45. The molecule has 3 heterocycles. The van der Waals surface area contributed by atoms with E-state index in [-0.39, 0.29) is 11.5 Å². The zero-order chi connectivity index (χ0) is 26.8. The molecule has 3 aliphatic rings. The smallest absolute Gasteiger partial charge is 0.312 e. The van der Waals surface area contributed by atoms with E-state index in [9.17, 15) is 18.5 Å². The molecule has 1 aromatic heterocycles. The Kier molecular flexibility index (Phi) is 7.45. The van der Waals surface area contributed by atoms with Gasteiger partial charge < -0.3 is 21.3 Å². The molecule has 0 spiro atoms. The van der Waals surface area contributed by atoms with Gasteiger partial charge in [-0.05, 0) is 80.3 Å². The van der Waals surface area contributed by atoms with Crippen LogP contribution in [-0.2, 0) is 15.4 Å². The summed E-state index contributed by atoms with van der Waals surface area (Å²) in [7, 11) is -3.56. The number of anilines is 2. The van der Waals surface area contributed by atoms with Gasteiger partial charge in [0.2, 0.25) is 10.0 Å². The maximum absolute atomic E-state index is 13.3. The minimum atomic E-state index is -3.56. The number of urea groups is 1. The number of pyridine rings is 1. The van der Waals surface area contributed by atoms with Crippen LogP contribution in [0.5, 0.6) is 0 Å². The first kappa shape index (κ1) is 26.3. The van der Waals surface area contributed by atoms with Crippen LogP contribution in [0.25, 0.3) is 0 Å². The number of nitriles is 1. The number of nitrogens with two attached hydrogens (primary N) is 1. The van der Waals surface area contributed by atoms with Crippen molar-refractivity contribution < 1.29 is 13.2 Å². The Morgan fingerprint density at radius 2 is 1.74 bits per heavy atom. The minimum Gasteiger partial charge on any atom is -0.372 e. The van der Waals surface area contributed by atoms with E-state index in [1.807, 2.05) is 24.3 Å². The van der Waals surface area contributed by atoms with Crippen LogP contribution >= 0.6 is 0 Å². The number of carbonyl (C=O) groups is 1. The number of piperidine rings is 2. The number of amides is 2. The van der Waals surface area contributed by atoms with E-state index in [0.717, 1.165) is 55.8 Å². The fourth-order valence-electron chi connectivity index (χ4n) is 5.42. The second-order valence-electron chi connectivity index (χ2n) is 10.6. The van der Waals surface area contributed by atoms with Crippen LogP contribution in [0.1, 0.15) is 44.1 Å². The molecule has 202 valence electrons. The predicted molar refractivity (Wildman–Crippen MR) is 145 cm³/mol. The van der Waals surface area contributed by atoms with Crippen LogP contribution < -0.4 is 21.3 Å².